The number of hydrogen-bond donors (Lipinski definition) is 1. The maximum Gasteiger partial charge on any atom is 0.319 e. The molecule has 3 aliphatic heterocycles. The van der Waals surface area contributed by atoms with Crippen LogP contribution in [0.2, 0.25) is 5.02 Å². The van der Waals surface area contributed by atoms with E-state index in [1.807, 2.05) is 24.3 Å². The lowest BCUT2D eigenvalue weighted by Gasteiger charge is -2.34. The van der Waals surface area contributed by atoms with E-state index in [-0.39, 0.29) is 27.7 Å². The van der Waals surface area contributed by atoms with Crippen molar-refractivity contribution in [2.45, 2.75) is 50.5 Å². The Morgan fingerprint density at radius 1 is 1.00 bits per heavy atom. The number of nitrogens with two attached hydrogens (primary N) is 1. The van der Waals surface area contributed by atoms with Crippen molar-refractivity contribution in [1.82, 2.24) is 19.9 Å². The second-order valence-electron chi connectivity index (χ2n) is 12.5. The van der Waals surface area contributed by atoms with Crippen LogP contribution in [-0.4, -0.2) is 58.2 Å². The normalized spacial score (nSPS) is 23.5. The molecule has 2 aromatic heterocycles. The Morgan fingerprint density at radius 2 is 1.76 bits per heavy atom. The second-order valence-corrected chi connectivity index (χ2v) is 13.0. The fraction of sp³-hybridized carbons (Fsp3) is 0.469. The van der Waals surface area contributed by atoms with Crippen LogP contribution in [-0.2, 0) is 0 Å². The molecule has 9 heteroatoms. The quantitative estimate of drug-likeness (QED) is 0.294. The summed E-state index contributed by atoms with van der Waals surface area (Å²) in [6, 6.07) is 11.5. The van der Waals surface area contributed by atoms with E-state index in [1.165, 1.54) is 32.1 Å². The van der Waals surface area contributed by atoms with E-state index >= 15 is 4.39 Å². The topological polar surface area (TPSA) is 80.4 Å². The van der Waals surface area contributed by atoms with Crippen molar-refractivity contribution in [2.75, 3.05) is 43.4 Å². The van der Waals surface area contributed by atoms with Gasteiger partial charge in [0.15, 0.2) is 5.82 Å². The molecule has 7 nitrogen and oxygen atoms in total. The van der Waals surface area contributed by atoms with Crippen LogP contribution in [0.3, 0.4) is 0 Å². The monoisotopic (exact) mass is 572 g/mol. The maximum atomic E-state index is 16.8. The first-order valence-corrected chi connectivity index (χ1v) is 15.3. The molecule has 1 saturated carbocycles. The Balaban J connectivity index is 1.28. The zero-order valence-electron chi connectivity index (χ0n) is 23.1. The van der Waals surface area contributed by atoms with Gasteiger partial charge < -0.3 is 15.4 Å². The summed E-state index contributed by atoms with van der Waals surface area (Å²) in [6.07, 6.45) is 8.33. The van der Waals surface area contributed by atoms with Crippen LogP contribution in [0, 0.1) is 17.7 Å². The molecule has 41 heavy (non-hydrogen) atoms. The van der Waals surface area contributed by atoms with E-state index in [2.05, 4.69) is 14.8 Å². The van der Waals surface area contributed by atoms with E-state index < -0.39 is 5.82 Å². The number of piperidine rings is 1. The van der Waals surface area contributed by atoms with Crippen molar-refractivity contribution in [1.29, 1.82) is 0 Å². The second kappa shape index (κ2) is 9.66. The van der Waals surface area contributed by atoms with Gasteiger partial charge in [0.1, 0.15) is 23.8 Å². The molecule has 4 fully saturated rings. The van der Waals surface area contributed by atoms with Crippen LogP contribution in [0.4, 0.5) is 16.0 Å². The molecule has 2 aromatic carbocycles. The zero-order chi connectivity index (χ0) is 27.7. The average Bonchev–Trinajstić information content (AvgIpc) is 3.65. The molecule has 0 amide bonds. The summed E-state index contributed by atoms with van der Waals surface area (Å²) < 4.78 is 23.2. The largest absolute Gasteiger partial charge is 0.461 e. The minimum absolute atomic E-state index is 0.0385. The molecule has 4 aliphatic rings. The first-order valence-electron chi connectivity index (χ1n) is 15.0. The van der Waals surface area contributed by atoms with Crippen LogP contribution in [0.5, 0.6) is 6.01 Å². The number of rotatable bonds is 5. The molecule has 1 aliphatic carbocycles. The number of benzene rings is 2. The highest BCUT2D eigenvalue weighted by atomic mass is 35.5. The van der Waals surface area contributed by atoms with Gasteiger partial charge in [0.2, 0.25) is 0 Å². The van der Waals surface area contributed by atoms with Crippen molar-refractivity contribution >= 4 is 44.9 Å². The summed E-state index contributed by atoms with van der Waals surface area (Å²) in [5, 5.41) is 2.53. The lowest BCUT2D eigenvalue weighted by atomic mass is 9.95. The first-order chi connectivity index (χ1) is 20.0. The molecule has 212 valence electrons. The highest BCUT2D eigenvalue weighted by Gasteiger charge is 2.45. The summed E-state index contributed by atoms with van der Waals surface area (Å²) in [6.45, 7) is 4.56. The Morgan fingerprint density at radius 3 is 2.54 bits per heavy atom. The molecular weight excluding hydrogens is 539 g/mol. The summed E-state index contributed by atoms with van der Waals surface area (Å²) in [4.78, 5) is 19.1. The number of halogens is 2. The van der Waals surface area contributed by atoms with Gasteiger partial charge in [0.05, 0.1) is 21.8 Å². The molecule has 5 heterocycles. The Hall–Kier alpha value is -3.23. The molecule has 2 unspecified atom stereocenters. The average molecular weight is 573 g/mol. The van der Waals surface area contributed by atoms with E-state index in [4.69, 9.17) is 32.0 Å². The summed E-state index contributed by atoms with van der Waals surface area (Å²) in [5.74, 6) is 1.77. The van der Waals surface area contributed by atoms with Crippen molar-refractivity contribution in [2.24, 2.45) is 11.8 Å². The molecule has 3 saturated heterocycles. The first kappa shape index (κ1) is 25.5. The molecular formula is C32H34ClFN6O. The summed E-state index contributed by atoms with van der Waals surface area (Å²) in [7, 11) is 0. The zero-order valence-corrected chi connectivity index (χ0v) is 23.8. The van der Waals surface area contributed by atoms with Gasteiger partial charge in [0, 0.05) is 23.9 Å². The Labute approximate surface area is 243 Å². The van der Waals surface area contributed by atoms with Crippen molar-refractivity contribution in [3.63, 3.8) is 0 Å². The van der Waals surface area contributed by atoms with Gasteiger partial charge in [-0.15, -0.1) is 0 Å². The van der Waals surface area contributed by atoms with Gasteiger partial charge >= 0.3 is 6.01 Å². The standard InChI is InChI=1S/C32H34ClFN6O/c33-24-15-23-29(27(34)26(24)28-22-6-2-1-5-21(22)14-25(35)36-28)37-31(41-18-32-9-3-11-40(32)12-4-10-32)38-30(23)39-16-19-7-8-20(13-19)17-39/h1-2,5-6,14-15,19-20H,3-4,7-13,16-18H2,(H2,35,36). The summed E-state index contributed by atoms with van der Waals surface area (Å²) in [5.41, 5.74) is 7.02. The van der Waals surface area contributed by atoms with Gasteiger partial charge in [-0.1, -0.05) is 35.9 Å². The van der Waals surface area contributed by atoms with Crippen LogP contribution in [0.25, 0.3) is 32.9 Å². The van der Waals surface area contributed by atoms with Crippen molar-refractivity contribution in [3.8, 4) is 17.3 Å². The van der Waals surface area contributed by atoms with Gasteiger partial charge in [-0.3, -0.25) is 4.90 Å². The Kier molecular flexibility index (Phi) is 6.01. The number of hydrogen-bond acceptors (Lipinski definition) is 7. The number of anilines is 2. The number of ether oxygens (including phenoxy) is 1. The molecule has 2 bridgehead atoms. The minimum atomic E-state index is -0.522. The maximum absolute atomic E-state index is 16.8. The smallest absolute Gasteiger partial charge is 0.319 e. The molecule has 8 rings (SSSR count). The van der Waals surface area contributed by atoms with Gasteiger partial charge in [-0.25, -0.2) is 9.37 Å². The number of fused-ring (bicyclic) bond motifs is 5. The fourth-order valence-corrected chi connectivity index (χ4v) is 8.42. The number of nitrogen functional groups attached to an aromatic ring is 1. The predicted molar refractivity (Wildman–Crippen MR) is 161 cm³/mol. The van der Waals surface area contributed by atoms with Gasteiger partial charge in [0.25, 0.3) is 0 Å². The number of aromatic nitrogens is 3. The minimum Gasteiger partial charge on any atom is -0.461 e. The number of pyridine rings is 1. The third kappa shape index (κ3) is 4.21. The van der Waals surface area contributed by atoms with E-state index in [0.29, 0.717) is 41.2 Å². The van der Waals surface area contributed by atoms with Crippen LogP contribution < -0.4 is 15.4 Å². The van der Waals surface area contributed by atoms with Crippen LogP contribution in [0.1, 0.15) is 44.9 Å². The predicted octanol–water partition coefficient (Wildman–Crippen LogP) is 6.46. The molecule has 0 spiro atoms. The van der Waals surface area contributed by atoms with Crippen LogP contribution in [0.15, 0.2) is 36.4 Å². The lowest BCUT2D eigenvalue weighted by molar-refractivity contribution is 0.108. The third-order valence-electron chi connectivity index (χ3n) is 10.0. The van der Waals surface area contributed by atoms with Gasteiger partial charge in [-0.05, 0) is 87.4 Å². The van der Waals surface area contributed by atoms with E-state index in [1.54, 1.807) is 12.1 Å². The van der Waals surface area contributed by atoms with Crippen LogP contribution >= 0.6 is 11.6 Å². The molecule has 2 N–H and O–H groups in total. The van der Waals surface area contributed by atoms with Crippen molar-refractivity contribution < 1.29 is 9.13 Å². The fourth-order valence-electron chi connectivity index (χ4n) is 8.13. The van der Waals surface area contributed by atoms with Crippen molar-refractivity contribution in [3.05, 3.63) is 47.2 Å². The SMILES string of the molecule is Nc1cc2ccccc2c(-c2c(Cl)cc3c(N4CC5CCC(C5)C4)nc(OCC45CCCN4CCC5)nc3c2F)n1. The third-order valence-corrected chi connectivity index (χ3v) is 10.3. The highest BCUT2D eigenvalue weighted by molar-refractivity contribution is 6.34. The van der Waals surface area contributed by atoms with Gasteiger partial charge in [-0.2, -0.15) is 9.97 Å². The Bertz CT molecular complexity index is 1660. The lowest BCUT2D eigenvalue weighted by Crippen LogP contribution is -2.43. The number of nitrogens with zero attached hydrogens (tertiary/aromatic N) is 5. The van der Waals surface area contributed by atoms with E-state index in [9.17, 15) is 0 Å². The highest BCUT2D eigenvalue weighted by Crippen LogP contribution is 2.44. The van der Waals surface area contributed by atoms with E-state index in [0.717, 1.165) is 49.8 Å². The molecule has 2 atom stereocenters. The molecule has 4 aromatic rings. The summed E-state index contributed by atoms with van der Waals surface area (Å²) >= 11 is 6.89. The molecule has 0 radical (unpaired) electrons.